The van der Waals surface area contributed by atoms with Crippen molar-refractivity contribution in [1.82, 2.24) is 9.78 Å². The largest absolute Gasteiger partial charge is 0.292 e. The molecule has 15 heavy (non-hydrogen) atoms. The molecule has 3 nitrogen and oxygen atoms in total. The number of nitrogens with zero attached hydrogens (tertiary/aromatic N) is 2. The van der Waals surface area contributed by atoms with E-state index in [9.17, 15) is 4.79 Å². The van der Waals surface area contributed by atoms with Crippen molar-refractivity contribution in [3.63, 3.8) is 0 Å². The minimum atomic E-state index is 0.187. The summed E-state index contributed by atoms with van der Waals surface area (Å²) in [6, 6.07) is 0. The number of Topliss-reactive ketones (excluding diaryl/α,β-unsaturated/α-hetero) is 1. The van der Waals surface area contributed by atoms with Crippen LogP contribution >= 0.6 is 11.6 Å². The molecule has 0 spiro atoms. The molecule has 1 heterocycles. The van der Waals surface area contributed by atoms with Gasteiger partial charge >= 0.3 is 0 Å². The van der Waals surface area contributed by atoms with Crippen LogP contribution in [0.2, 0.25) is 5.02 Å². The molecule has 2 unspecified atom stereocenters. The lowest BCUT2D eigenvalue weighted by Gasteiger charge is -2.10. The Morgan fingerprint density at radius 3 is 2.67 bits per heavy atom. The van der Waals surface area contributed by atoms with E-state index in [4.69, 9.17) is 11.6 Å². The van der Waals surface area contributed by atoms with Gasteiger partial charge in [0.1, 0.15) is 5.69 Å². The zero-order valence-corrected chi connectivity index (χ0v) is 9.37. The molecule has 0 saturated heterocycles. The molecule has 2 atom stereocenters. The van der Waals surface area contributed by atoms with Crippen LogP contribution in [-0.4, -0.2) is 15.6 Å². The Bertz CT molecular complexity index is 397. The molecule has 2 aliphatic carbocycles. The number of aryl methyl sites for hydroxylation is 1. The number of hydrogen-bond acceptors (Lipinski definition) is 2. The predicted molar refractivity (Wildman–Crippen MR) is 56.9 cm³/mol. The summed E-state index contributed by atoms with van der Waals surface area (Å²) in [5.41, 5.74) is 0.586. The Morgan fingerprint density at radius 2 is 2.13 bits per heavy atom. The Balaban J connectivity index is 1.85. The van der Waals surface area contributed by atoms with Crippen LogP contribution in [0.3, 0.4) is 0 Å². The van der Waals surface area contributed by atoms with E-state index in [0.29, 0.717) is 10.7 Å². The van der Waals surface area contributed by atoms with Gasteiger partial charge in [-0.1, -0.05) is 11.6 Å². The molecule has 4 heteroatoms. The van der Waals surface area contributed by atoms with Gasteiger partial charge in [0, 0.05) is 13.0 Å². The molecular formula is C11H13ClN2O. The number of fused-ring (bicyclic) bond motifs is 1. The third-order valence-electron chi connectivity index (χ3n) is 3.74. The molecule has 3 rings (SSSR count). The molecule has 1 aromatic rings. The number of ketones is 1. The highest BCUT2D eigenvalue weighted by Gasteiger charge is 2.48. The molecule has 2 saturated carbocycles. The van der Waals surface area contributed by atoms with E-state index in [0.717, 1.165) is 24.7 Å². The van der Waals surface area contributed by atoms with Gasteiger partial charge in [-0.15, -0.1) is 0 Å². The quantitative estimate of drug-likeness (QED) is 0.723. The predicted octanol–water partition coefficient (Wildman–Crippen LogP) is 2.30. The standard InChI is InChI=1S/C11H13ClN2O/c1-14-10(9(12)5-13-14)11(15)8-3-6-2-7(6)4-8/h5-8H,2-4H2,1H3. The van der Waals surface area contributed by atoms with E-state index in [-0.39, 0.29) is 11.7 Å². The summed E-state index contributed by atoms with van der Waals surface area (Å²) < 4.78 is 1.59. The molecule has 2 aliphatic rings. The molecule has 2 fully saturated rings. The maximum absolute atomic E-state index is 12.2. The van der Waals surface area contributed by atoms with E-state index in [1.165, 1.54) is 6.42 Å². The Labute approximate surface area is 93.4 Å². The van der Waals surface area contributed by atoms with Crippen LogP contribution in [0, 0.1) is 17.8 Å². The van der Waals surface area contributed by atoms with Crippen LogP contribution in [-0.2, 0) is 7.05 Å². The van der Waals surface area contributed by atoms with Crippen molar-refractivity contribution in [2.45, 2.75) is 19.3 Å². The highest BCUT2D eigenvalue weighted by atomic mass is 35.5. The maximum atomic E-state index is 12.2. The average molecular weight is 225 g/mol. The van der Waals surface area contributed by atoms with Gasteiger partial charge in [0.2, 0.25) is 0 Å². The maximum Gasteiger partial charge on any atom is 0.185 e. The number of rotatable bonds is 2. The molecule has 0 amide bonds. The zero-order valence-electron chi connectivity index (χ0n) is 8.61. The fraction of sp³-hybridized carbons (Fsp3) is 0.636. The molecule has 0 bridgehead atoms. The second-order valence-electron chi connectivity index (χ2n) is 4.75. The summed E-state index contributed by atoms with van der Waals surface area (Å²) in [6.07, 6.45) is 5.00. The van der Waals surface area contributed by atoms with E-state index in [2.05, 4.69) is 5.10 Å². The second-order valence-corrected chi connectivity index (χ2v) is 5.16. The lowest BCUT2D eigenvalue weighted by Crippen LogP contribution is -2.17. The van der Waals surface area contributed by atoms with Crippen molar-refractivity contribution in [3.8, 4) is 0 Å². The van der Waals surface area contributed by atoms with Gasteiger partial charge in [-0.3, -0.25) is 9.48 Å². The lowest BCUT2D eigenvalue weighted by atomic mass is 9.96. The van der Waals surface area contributed by atoms with Crippen LogP contribution < -0.4 is 0 Å². The zero-order chi connectivity index (χ0) is 10.6. The number of aromatic nitrogens is 2. The monoisotopic (exact) mass is 224 g/mol. The summed E-state index contributed by atoms with van der Waals surface area (Å²) in [5.74, 6) is 2.03. The van der Waals surface area contributed by atoms with Crippen molar-refractivity contribution in [3.05, 3.63) is 16.9 Å². The average Bonchev–Trinajstić information content (AvgIpc) is 2.66. The molecule has 80 valence electrons. The van der Waals surface area contributed by atoms with Gasteiger partial charge in [0.15, 0.2) is 5.78 Å². The minimum absolute atomic E-state index is 0.187. The SMILES string of the molecule is Cn1ncc(Cl)c1C(=O)C1CC2CC2C1. The third-order valence-corrected chi connectivity index (χ3v) is 4.02. The number of carbonyl (C=O) groups is 1. The summed E-state index contributed by atoms with van der Waals surface area (Å²) in [4.78, 5) is 12.2. The van der Waals surface area contributed by atoms with Crippen LogP contribution in [0.5, 0.6) is 0 Å². The summed E-state index contributed by atoms with van der Waals surface area (Å²) >= 11 is 5.96. The van der Waals surface area contributed by atoms with E-state index in [1.54, 1.807) is 17.9 Å². The molecule has 0 radical (unpaired) electrons. The fourth-order valence-corrected chi connectivity index (χ4v) is 3.07. The van der Waals surface area contributed by atoms with Crippen molar-refractivity contribution in [2.24, 2.45) is 24.8 Å². The Morgan fingerprint density at radius 1 is 1.47 bits per heavy atom. The van der Waals surface area contributed by atoms with Crippen LogP contribution in [0.25, 0.3) is 0 Å². The van der Waals surface area contributed by atoms with Gasteiger partial charge in [0.05, 0.1) is 11.2 Å². The van der Waals surface area contributed by atoms with E-state index in [1.807, 2.05) is 0 Å². The Hall–Kier alpha value is -0.830. The number of halogens is 1. The Kier molecular flexibility index (Phi) is 1.93. The number of carbonyl (C=O) groups excluding carboxylic acids is 1. The first-order valence-corrected chi connectivity index (χ1v) is 5.76. The smallest absolute Gasteiger partial charge is 0.185 e. The topological polar surface area (TPSA) is 34.9 Å². The van der Waals surface area contributed by atoms with Gasteiger partial charge in [-0.25, -0.2) is 0 Å². The first kappa shape index (κ1) is 9.40. The van der Waals surface area contributed by atoms with Gasteiger partial charge in [-0.2, -0.15) is 5.10 Å². The molecule has 1 aromatic heterocycles. The van der Waals surface area contributed by atoms with Crippen molar-refractivity contribution < 1.29 is 4.79 Å². The highest BCUT2D eigenvalue weighted by Crippen LogP contribution is 2.55. The minimum Gasteiger partial charge on any atom is -0.292 e. The van der Waals surface area contributed by atoms with E-state index >= 15 is 0 Å². The van der Waals surface area contributed by atoms with Gasteiger partial charge < -0.3 is 0 Å². The third kappa shape index (κ3) is 1.41. The van der Waals surface area contributed by atoms with E-state index < -0.39 is 0 Å². The van der Waals surface area contributed by atoms with Crippen LogP contribution in [0.15, 0.2) is 6.20 Å². The first-order valence-electron chi connectivity index (χ1n) is 5.38. The first-order chi connectivity index (χ1) is 7.16. The van der Waals surface area contributed by atoms with Crippen molar-refractivity contribution in [2.75, 3.05) is 0 Å². The molecule has 0 N–H and O–H groups in total. The summed E-state index contributed by atoms with van der Waals surface area (Å²) in [5, 5.41) is 4.49. The van der Waals surface area contributed by atoms with Crippen LogP contribution in [0.4, 0.5) is 0 Å². The second kappa shape index (κ2) is 3.08. The normalized spacial score (nSPS) is 32.8. The van der Waals surface area contributed by atoms with Crippen molar-refractivity contribution in [1.29, 1.82) is 0 Å². The number of hydrogen-bond donors (Lipinski definition) is 0. The summed E-state index contributed by atoms with van der Waals surface area (Å²) in [7, 11) is 1.77. The van der Waals surface area contributed by atoms with Gasteiger partial charge in [-0.05, 0) is 31.1 Å². The highest BCUT2D eigenvalue weighted by molar-refractivity contribution is 6.33. The molecule has 0 aliphatic heterocycles. The molecular weight excluding hydrogens is 212 g/mol. The lowest BCUT2D eigenvalue weighted by molar-refractivity contribution is 0.0905. The van der Waals surface area contributed by atoms with Crippen molar-refractivity contribution >= 4 is 17.4 Å². The molecule has 0 aromatic carbocycles. The summed E-state index contributed by atoms with van der Waals surface area (Å²) in [6.45, 7) is 0. The van der Waals surface area contributed by atoms with Gasteiger partial charge in [0.25, 0.3) is 0 Å². The van der Waals surface area contributed by atoms with Crippen LogP contribution in [0.1, 0.15) is 29.8 Å². The fourth-order valence-electron chi connectivity index (χ4n) is 2.81.